The molecule has 1 fully saturated rings. The van der Waals surface area contributed by atoms with E-state index in [0.717, 1.165) is 16.8 Å². The third-order valence-electron chi connectivity index (χ3n) is 8.33. The number of carbonyl (C=O) groups is 3. The minimum absolute atomic E-state index is 0.0601. The molecule has 4 atom stereocenters. The first-order chi connectivity index (χ1) is 19.7. The molecule has 0 bridgehead atoms. The van der Waals surface area contributed by atoms with Gasteiger partial charge in [0.05, 0.1) is 29.4 Å². The lowest BCUT2D eigenvalue weighted by Gasteiger charge is -2.46. The molecular weight excluding hydrogens is 536 g/mol. The summed E-state index contributed by atoms with van der Waals surface area (Å²) in [6.07, 6.45) is 2.28. The lowest BCUT2D eigenvalue weighted by Crippen LogP contribution is -2.55. The quantitative estimate of drug-likeness (QED) is 0.156. The number of allylic oxidation sites excluding steroid dienone is 1. The average molecular weight is 573 g/mol. The maximum absolute atomic E-state index is 13.9. The van der Waals surface area contributed by atoms with E-state index in [4.69, 9.17) is 5.73 Å². The minimum atomic E-state index is -1.28. The van der Waals surface area contributed by atoms with E-state index >= 15 is 0 Å². The summed E-state index contributed by atoms with van der Waals surface area (Å²) in [4.78, 5) is 45.5. The zero-order valence-corrected chi connectivity index (χ0v) is 24.3. The second-order valence-electron chi connectivity index (χ2n) is 12.4. The van der Waals surface area contributed by atoms with Crippen molar-refractivity contribution in [2.24, 2.45) is 28.5 Å². The Bertz CT molecular complexity index is 1580. The summed E-state index contributed by atoms with van der Waals surface area (Å²) < 4.78 is 0. The number of hydrogen-bond acceptors (Lipinski definition) is 8. The van der Waals surface area contributed by atoms with Crippen LogP contribution in [0.3, 0.4) is 0 Å². The molecule has 10 nitrogen and oxygen atoms in total. The predicted molar refractivity (Wildman–Crippen MR) is 160 cm³/mol. The number of benzene rings is 2. The van der Waals surface area contributed by atoms with Crippen molar-refractivity contribution < 1.29 is 29.7 Å². The number of Topliss-reactive ketones (excluding diaryl/α,β-unsaturated/α-hetero) is 2. The number of hydrogen-bond donors (Lipinski definition) is 5. The van der Waals surface area contributed by atoms with Crippen LogP contribution in [0.5, 0.6) is 5.75 Å². The third-order valence-corrected chi connectivity index (χ3v) is 8.33. The number of nitrogens with two attached hydrogens (primary N) is 1. The summed E-state index contributed by atoms with van der Waals surface area (Å²) in [6, 6.07) is 10.1. The molecule has 1 saturated carbocycles. The number of carbonyl (C=O) groups excluding carboxylic acids is 3. The fraction of sp³-hybridized carbons (Fsp3) is 0.375. The monoisotopic (exact) mass is 572 g/mol. The molecule has 0 aromatic heterocycles. The molecule has 0 aliphatic heterocycles. The summed E-state index contributed by atoms with van der Waals surface area (Å²) >= 11 is 0. The van der Waals surface area contributed by atoms with Gasteiger partial charge in [0, 0.05) is 11.3 Å². The molecule has 42 heavy (non-hydrogen) atoms. The van der Waals surface area contributed by atoms with Gasteiger partial charge in [0.2, 0.25) is 0 Å². The normalized spacial score (nSPS) is 24.1. The first-order valence-corrected chi connectivity index (χ1v) is 13.9. The summed E-state index contributed by atoms with van der Waals surface area (Å²) in [7, 11) is 3.39. The van der Waals surface area contributed by atoms with Crippen LogP contribution in [0.4, 0.5) is 5.69 Å². The van der Waals surface area contributed by atoms with Gasteiger partial charge in [-0.05, 0) is 94.4 Å². The van der Waals surface area contributed by atoms with Crippen LogP contribution in [-0.4, -0.2) is 69.7 Å². The van der Waals surface area contributed by atoms with Gasteiger partial charge >= 0.3 is 0 Å². The van der Waals surface area contributed by atoms with Gasteiger partial charge in [-0.15, -0.1) is 0 Å². The van der Waals surface area contributed by atoms with E-state index < -0.39 is 52.6 Å². The molecule has 1 amide bonds. The number of fused-ring (bicyclic) bond motifs is 3. The Morgan fingerprint density at radius 2 is 1.71 bits per heavy atom. The molecule has 0 spiro atoms. The van der Waals surface area contributed by atoms with Gasteiger partial charge < -0.3 is 26.4 Å². The number of amides is 1. The summed E-state index contributed by atoms with van der Waals surface area (Å²) in [5.41, 5.74) is 8.04. The maximum Gasteiger partial charge on any atom is 0.255 e. The highest BCUT2D eigenvalue weighted by Crippen LogP contribution is 2.51. The van der Waals surface area contributed by atoms with Crippen molar-refractivity contribution in [3.05, 3.63) is 64.4 Å². The second kappa shape index (κ2) is 10.4. The van der Waals surface area contributed by atoms with Crippen molar-refractivity contribution in [1.29, 1.82) is 0 Å². The molecular formula is C32H36N4O6. The molecule has 0 saturated heterocycles. The van der Waals surface area contributed by atoms with Crippen LogP contribution in [0.2, 0.25) is 0 Å². The maximum atomic E-state index is 13.9. The third kappa shape index (κ3) is 4.85. The molecule has 0 radical (unpaired) electrons. The molecule has 220 valence electrons. The summed E-state index contributed by atoms with van der Waals surface area (Å²) in [6.45, 7) is 6.01. The Labute approximate surface area is 244 Å². The number of primary amides is 1. The Morgan fingerprint density at radius 3 is 2.31 bits per heavy atom. The number of ketones is 2. The van der Waals surface area contributed by atoms with E-state index in [1.807, 2.05) is 45.0 Å². The van der Waals surface area contributed by atoms with E-state index in [-0.39, 0.29) is 28.2 Å². The Kier molecular flexibility index (Phi) is 7.22. The zero-order chi connectivity index (χ0) is 30.7. The molecule has 10 heteroatoms. The first kappa shape index (κ1) is 29.1. The van der Waals surface area contributed by atoms with Gasteiger partial charge in [0.1, 0.15) is 22.8 Å². The summed E-state index contributed by atoms with van der Waals surface area (Å²) in [5, 5.41) is 36.4. The highest BCUT2D eigenvalue weighted by molar-refractivity contribution is 6.28. The second-order valence-corrected chi connectivity index (χ2v) is 12.4. The average Bonchev–Trinajstić information content (AvgIpc) is 2.88. The van der Waals surface area contributed by atoms with Crippen LogP contribution in [0.1, 0.15) is 38.3 Å². The molecule has 5 rings (SSSR count). The zero-order valence-electron chi connectivity index (χ0n) is 24.3. The number of nitrogens with zero attached hydrogens (tertiary/aromatic N) is 2. The molecule has 6 N–H and O–H groups in total. The van der Waals surface area contributed by atoms with Crippen LogP contribution in [-0.2, 0) is 20.8 Å². The van der Waals surface area contributed by atoms with Gasteiger partial charge in [0.25, 0.3) is 5.91 Å². The number of nitrogens with one attached hydrogen (secondary N) is 1. The SMILES string of the molecule is CN(C)[C@H]1C(O)=C(C(N)=O)C(=O)C2C(=O)C3=C(O)c4c(O)ccc(-c5ccc(NC=NC(C)(C)C)cc5)c4CC3CC21. The van der Waals surface area contributed by atoms with Crippen LogP contribution < -0.4 is 11.1 Å². The van der Waals surface area contributed by atoms with E-state index in [9.17, 15) is 29.7 Å². The molecule has 0 heterocycles. The Morgan fingerprint density at radius 1 is 1.05 bits per heavy atom. The fourth-order valence-corrected chi connectivity index (χ4v) is 6.58. The number of aliphatic hydroxyl groups excluding tert-OH is 2. The van der Waals surface area contributed by atoms with E-state index in [1.165, 1.54) is 6.07 Å². The van der Waals surface area contributed by atoms with Crippen LogP contribution in [0, 0.1) is 17.8 Å². The highest BCUT2D eigenvalue weighted by atomic mass is 16.3. The number of phenolic OH excluding ortho intramolecular Hbond substituents is 1. The minimum Gasteiger partial charge on any atom is -0.510 e. The number of aliphatic imine (C=N–C) groups is 1. The van der Waals surface area contributed by atoms with Crippen molar-refractivity contribution in [3.63, 3.8) is 0 Å². The largest absolute Gasteiger partial charge is 0.510 e. The number of aromatic hydroxyl groups is 1. The highest BCUT2D eigenvalue weighted by Gasteiger charge is 2.55. The van der Waals surface area contributed by atoms with E-state index in [1.54, 1.807) is 31.4 Å². The standard InChI is InChI=1S/C32H36N4O6/c1-32(2,3)35-14-34-17-8-6-15(7-9-17)18-10-11-21(37)23-19(18)12-16-13-20-24(28(39)22(16)27(23)38)29(40)25(31(33)42)30(41)26(20)36(4)5/h6-11,14,16,20,24,26,37-38,41H,12-13H2,1-5H3,(H2,33,42)(H,34,35)/t16?,20?,24?,26-/m1/s1. The van der Waals surface area contributed by atoms with Crippen molar-refractivity contribution in [2.45, 2.75) is 45.2 Å². The molecule has 3 unspecified atom stereocenters. The van der Waals surface area contributed by atoms with Gasteiger partial charge in [-0.3, -0.25) is 24.3 Å². The van der Waals surface area contributed by atoms with Crippen LogP contribution in [0.25, 0.3) is 16.9 Å². The smallest absolute Gasteiger partial charge is 0.255 e. The van der Waals surface area contributed by atoms with Crippen molar-refractivity contribution >= 4 is 35.3 Å². The number of rotatable bonds is 5. The van der Waals surface area contributed by atoms with Crippen molar-refractivity contribution in [2.75, 3.05) is 19.4 Å². The Balaban J connectivity index is 1.56. The van der Waals surface area contributed by atoms with Crippen molar-refractivity contribution in [3.8, 4) is 16.9 Å². The topological polar surface area (TPSA) is 166 Å². The lowest BCUT2D eigenvalue weighted by atomic mass is 9.59. The van der Waals surface area contributed by atoms with Gasteiger partial charge in [-0.2, -0.15) is 0 Å². The van der Waals surface area contributed by atoms with Crippen LogP contribution >= 0.6 is 0 Å². The first-order valence-electron chi connectivity index (χ1n) is 13.9. The molecule has 2 aromatic rings. The number of likely N-dealkylation sites (N-methyl/N-ethyl adjacent to an activating group) is 1. The van der Waals surface area contributed by atoms with Gasteiger partial charge in [-0.1, -0.05) is 18.2 Å². The van der Waals surface area contributed by atoms with E-state index in [0.29, 0.717) is 18.4 Å². The van der Waals surface area contributed by atoms with E-state index in [2.05, 4.69) is 10.3 Å². The van der Waals surface area contributed by atoms with Gasteiger partial charge in [-0.25, -0.2) is 0 Å². The molecule has 2 aromatic carbocycles. The number of aliphatic hydroxyl groups is 2. The fourth-order valence-electron chi connectivity index (χ4n) is 6.58. The summed E-state index contributed by atoms with van der Waals surface area (Å²) in [5.74, 6) is -5.91. The predicted octanol–water partition coefficient (Wildman–Crippen LogP) is 3.75. The van der Waals surface area contributed by atoms with Crippen LogP contribution in [0.15, 0.2) is 58.3 Å². The molecule has 3 aliphatic carbocycles. The number of anilines is 1. The lowest BCUT2D eigenvalue weighted by molar-refractivity contribution is -0.136. The molecule has 3 aliphatic rings. The Hall–Kier alpha value is -4.44. The van der Waals surface area contributed by atoms with Gasteiger partial charge in [0.15, 0.2) is 11.6 Å². The van der Waals surface area contributed by atoms with Crippen molar-refractivity contribution in [1.82, 2.24) is 4.90 Å². The number of phenols is 1.